The van der Waals surface area contributed by atoms with Gasteiger partial charge in [0.25, 0.3) is 5.91 Å². The fraction of sp³-hybridized carbons (Fsp3) is 0.636. The predicted octanol–water partition coefficient (Wildman–Crippen LogP) is 2.57. The number of carbonyl (C=O) groups excluding carboxylic acids is 1. The highest BCUT2D eigenvalue weighted by atomic mass is 19.1. The smallest absolute Gasteiger partial charge is 0.266 e. The Morgan fingerprint density at radius 3 is 2.55 bits per heavy atom. The summed E-state index contributed by atoms with van der Waals surface area (Å²) in [6, 6.07) is 5.95. The van der Waals surface area contributed by atoms with Crippen LogP contribution in [0.5, 0.6) is 0 Å². The van der Waals surface area contributed by atoms with E-state index in [0.717, 1.165) is 44.9 Å². The second kappa shape index (κ2) is 8.90. The second-order valence-corrected chi connectivity index (χ2v) is 8.68. The number of fused-ring (bicyclic) bond motifs is 2. The molecule has 1 aromatic rings. The molecule has 160 valence electrons. The molecule has 0 spiro atoms. The average molecular weight is 405 g/mol. The number of rotatable bonds is 8. The number of aliphatic imine (C=N–C) groups is 1. The monoisotopic (exact) mass is 404 g/mol. The molecule has 2 aliphatic rings. The van der Waals surface area contributed by atoms with Crippen molar-refractivity contribution in [1.29, 1.82) is 0 Å². The minimum atomic E-state index is -0.869. The summed E-state index contributed by atoms with van der Waals surface area (Å²) in [7, 11) is 0. The number of halogens is 1. The van der Waals surface area contributed by atoms with Gasteiger partial charge < -0.3 is 16.2 Å². The van der Waals surface area contributed by atoms with Crippen molar-refractivity contribution < 1.29 is 14.3 Å². The van der Waals surface area contributed by atoms with E-state index in [1.165, 1.54) is 12.1 Å². The summed E-state index contributed by atoms with van der Waals surface area (Å²) in [4.78, 5) is 17.3. The van der Waals surface area contributed by atoms with Crippen molar-refractivity contribution in [3.05, 3.63) is 35.6 Å². The van der Waals surface area contributed by atoms with Gasteiger partial charge in [-0.3, -0.25) is 15.1 Å². The summed E-state index contributed by atoms with van der Waals surface area (Å²) >= 11 is 0. The van der Waals surface area contributed by atoms with Crippen LogP contribution < -0.4 is 16.4 Å². The minimum Gasteiger partial charge on any atom is -0.374 e. The zero-order valence-electron chi connectivity index (χ0n) is 17.4. The van der Waals surface area contributed by atoms with Crippen LogP contribution in [0.15, 0.2) is 29.3 Å². The maximum atomic E-state index is 13.2. The largest absolute Gasteiger partial charge is 0.374 e. The summed E-state index contributed by atoms with van der Waals surface area (Å²) in [5.41, 5.74) is 6.28. The highest BCUT2D eigenvalue weighted by molar-refractivity contribution is 6.39. The minimum absolute atomic E-state index is 0.0679. The Bertz CT molecular complexity index is 754. The summed E-state index contributed by atoms with van der Waals surface area (Å²) < 4.78 is 13.2. The number of benzene rings is 1. The maximum absolute atomic E-state index is 13.2. The van der Waals surface area contributed by atoms with E-state index in [9.17, 15) is 14.3 Å². The van der Waals surface area contributed by atoms with E-state index in [1.807, 2.05) is 13.8 Å². The number of aliphatic hydroxyl groups is 1. The number of nitrogens with two attached hydrogens (primary N) is 1. The van der Waals surface area contributed by atoms with Gasteiger partial charge in [0.15, 0.2) is 0 Å². The summed E-state index contributed by atoms with van der Waals surface area (Å²) in [6.07, 6.45) is 5.27. The molecule has 4 unspecified atom stereocenters. The van der Waals surface area contributed by atoms with Gasteiger partial charge in [0.1, 0.15) is 17.8 Å². The molecule has 0 radical (unpaired) electrons. The first kappa shape index (κ1) is 21.9. The first-order valence-corrected chi connectivity index (χ1v) is 10.6. The molecule has 6 nitrogen and oxygen atoms in total. The maximum Gasteiger partial charge on any atom is 0.266 e. The van der Waals surface area contributed by atoms with Gasteiger partial charge in [-0.2, -0.15) is 0 Å². The molecule has 2 bridgehead atoms. The van der Waals surface area contributed by atoms with Crippen molar-refractivity contribution in [1.82, 2.24) is 10.6 Å². The molecule has 3 rings (SSSR count). The Morgan fingerprint density at radius 2 is 1.90 bits per heavy atom. The Morgan fingerprint density at radius 1 is 1.24 bits per heavy atom. The van der Waals surface area contributed by atoms with Crippen LogP contribution in [0.4, 0.5) is 4.39 Å². The van der Waals surface area contributed by atoms with Crippen LogP contribution in [0.25, 0.3) is 0 Å². The quantitative estimate of drug-likeness (QED) is 0.395. The SMILES string of the molecule is CCC(C)N=C(CN)C(=O)NC12CCCC(NC(O)c3ccc(F)cc3)(CC1)C2. The van der Waals surface area contributed by atoms with Gasteiger partial charge in [-0.15, -0.1) is 0 Å². The molecule has 7 heteroatoms. The lowest BCUT2D eigenvalue weighted by Gasteiger charge is -2.41. The lowest BCUT2D eigenvalue weighted by atomic mass is 9.78. The lowest BCUT2D eigenvalue weighted by Crippen LogP contribution is -2.56. The van der Waals surface area contributed by atoms with Crippen LogP contribution in [0.2, 0.25) is 0 Å². The van der Waals surface area contributed by atoms with Gasteiger partial charge in [-0.05, 0) is 69.6 Å². The molecule has 2 saturated carbocycles. The molecular formula is C22H33FN4O2. The number of aliphatic hydroxyl groups excluding tert-OH is 1. The molecule has 4 atom stereocenters. The van der Waals surface area contributed by atoms with Gasteiger partial charge in [-0.25, -0.2) is 4.39 Å². The Kier molecular flexibility index (Phi) is 6.71. The van der Waals surface area contributed by atoms with Gasteiger partial charge in [0, 0.05) is 23.7 Å². The Labute approximate surface area is 172 Å². The predicted molar refractivity (Wildman–Crippen MR) is 112 cm³/mol. The zero-order valence-corrected chi connectivity index (χ0v) is 17.4. The standard InChI is InChI=1S/C22H33FN4O2/c1-3-15(2)25-18(13-24)20(29)27-22-10-4-9-21(14-22,11-12-22)26-19(28)16-5-7-17(23)8-6-16/h5-8,15,19,26,28H,3-4,9-14,24H2,1-2H3,(H,27,29). The summed E-state index contributed by atoms with van der Waals surface area (Å²) in [6.45, 7) is 4.13. The molecule has 29 heavy (non-hydrogen) atoms. The Hall–Kier alpha value is -1.83. The fourth-order valence-corrected chi connectivity index (χ4v) is 4.75. The third kappa shape index (κ3) is 5.02. The number of carbonyl (C=O) groups is 1. The van der Waals surface area contributed by atoms with Crippen LogP contribution >= 0.6 is 0 Å². The van der Waals surface area contributed by atoms with Crippen molar-refractivity contribution in [3.63, 3.8) is 0 Å². The zero-order chi connectivity index (χ0) is 21.1. The van der Waals surface area contributed by atoms with E-state index < -0.39 is 6.23 Å². The topological polar surface area (TPSA) is 99.7 Å². The fourth-order valence-electron chi connectivity index (χ4n) is 4.75. The van der Waals surface area contributed by atoms with Crippen molar-refractivity contribution in [2.24, 2.45) is 10.7 Å². The normalized spacial score (nSPS) is 28.8. The van der Waals surface area contributed by atoms with Gasteiger partial charge >= 0.3 is 0 Å². The van der Waals surface area contributed by atoms with Crippen molar-refractivity contribution in [2.75, 3.05) is 6.54 Å². The molecule has 0 aromatic heterocycles. The number of hydrogen-bond acceptors (Lipinski definition) is 5. The number of nitrogens with one attached hydrogen (secondary N) is 2. The van der Waals surface area contributed by atoms with Crippen LogP contribution in [0, 0.1) is 5.82 Å². The van der Waals surface area contributed by atoms with E-state index in [-0.39, 0.29) is 35.4 Å². The molecule has 2 fully saturated rings. The molecule has 0 heterocycles. The molecule has 0 aliphatic heterocycles. The molecule has 0 saturated heterocycles. The van der Waals surface area contributed by atoms with E-state index in [2.05, 4.69) is 15.6 Å². The third-order valence-corrected chi connectivity index (χ3v) is 6.50. The van der Waals surface area contributed by atoms with Crippen molar-refractivity contribution in [2.45, 2.75) is 82.1 Å². The summed E-state index contributed by atoms with van der Waals surface area (Å²) in [5.74, 6) is -0.501. The Balaban J connectivity index is 1.69. The second-order valence-electron chi connectivity index (χ2n) is 8.68. The van der Waals surface area contributed by atoms with Crippen LogP contribution in [0.1, 0.15) is 70.6 Å². The first-order chi connectivity index (χ1) is 13.8. The molecular weight excluding hydrogens is 371 g/mol. The number of nitrogens with zero attached hydrogens (tertiary/aromatic N) is 1. The molecule has 5 N–H and O–H groups in total. The van der Waals surface area contributed by atoms with E-state index in [1.54, 1.807) is 12.1 Å². The summed E-state index contributed by atoms with van der Waals surface area (Å²) in [5, 5.41) is 17.2. The lowest BCUT2D eigenvalue weighted by molar-refractivity contribution is -0.117. The van der Waals surface area contributed by atoms with Gasteiger partial charge in [0.05, 0.1) is 0 Å². The highest BCUT2D eigenvalue weighted by Gasteiger charge is 2.52. The van der Waals surface area contributed by atoms with Crippen molar-refractivity contribution in [3.8, 4) is 0 Å². The van der Waals surface area contributed by atoms with Gasteiger partial charge in [0.2, 0.25) is 0 Å². The van der Waals surface area contributed by atoms with E-state index >= 15 is 0 Å². The van der Waals surface area contributed by atoms with Crippen molar-refractivity contribution >= 4 is 11.6 Å². The number of amides is 1. The molecule has 1 amide bonds. The number of hydrogen-bond donors (Lipinski definition) is 4. The molecule has 2 aliphatic carbocycles. The highest BCUT2D eigenvalue weighted by Crippen LogP contribution is 2.48. The van der Waals surface area contributed by atoms with Crippen LogP contribution in [0.3, 0.4) is 0 Å². The van der Waals surface area contributed by atoms with Gasteiger partial charge in [-0.1, -0.05) is 19.1 Å². The van der Waals surface area contributed by atoms with E-state index in [4.69, 9.17) is 5.73 Å². The first-order valence-electron chi connectivity index (χ1n) is 10.6. The third-order valence-electron chi connectivity index (χ3n) is 6.50. The van der Waals surface area contributed by atoms with Crippen LogP contribution in [-0.2, 0) is 4.79 Å². The average Bonchev–Trinajstić information content (AvgIpc) is 2.95. The van der Waals surface area contributed by atoms with Crippen LogP contribution in [-0.4, -0.2) is 40.4 Å². The van der Waals surface area contributed by atoms with E-state index in [0.29, 0.717) is 11.3 Å². The molecule has 1 aromatic carbocycles.